The number of cyclic esters (lactones) is 1. The van der Waals surface area contributed by atoms with Crippen LogP contribution in [0.5, 0.6) is 0 Å². The fourth-order valence-corrected chi connectivity index (χ4v) is 12.7. The number of methoxy groups -OCH3 is 1. The van der Waals surface area contributed by atoms with Crippen LogP contribution in [-0.2, 0) is 47.5 Å². The Morgan fingerprint density at radius 2 is 1.47 bits per heavy atom. The van der Waals surface area contributed by atoms with Crippen molar-refractivity contribution in [1.29, 1.82) is 0 Å². The standard InChI is InChI=1S/C42H64O17/c1-19-36(59-38-35(50)33(48)31(46)26(58-38)18-54-37-34(49)32(47)30(45)25(16-43)57-37)24(52-4)15-29(55-19)56-22-6-9-40(2)21(14-22)5-11-42-12-7-23(20-13-28(44)53-17-20)41(3,39(42)51)10-8-27(40)42/h13,19,21-27,29-38,43,45-50H,5-12,14-18H2,1-4H3/t19-,21-,22+,23-,24+,25-,26+,27+,29+,30-,31+,32-,33-,34+,35+,36-,37-,38-,40+,41-,42-/m1/s1. The van der Waals surface area contributed by atoms with Crippen LogP contribution in [-0.4, -0.2) is 167 Å². The van der Waals surface area contributed by atoms with Gasteiger partial charge >= 0.3 is 5.97 Å². The molecule has 0 aromatic carbocycles. The fourth-order valence-electron chi connectivity index (χ4n) is 12.7. The molecule has 0 aromatic heterocycles. The molecule has 21 atom stereocenters. The first-order valence-corrected chi connectivity index (χ1v) is 21.6. The van der Waals surface area contributed by atoms with Gasteiger partial charge in [0, 0.05) is 30.4 Å². The van der Waals surface area contributed by atoms with Crippen LogP contribution in [0.4, 0.5) is 0 Å². The number of Topliss-reactive ketones (excluding diaryl/α,β-unsaturated/α-hetero) is 1. The van der Waals surface area contributed by atoms with Gasteiger partial charge in [0.1, 0.15) is 67.3 Å². The van der Waals surface area contributed by atoms with E-state index in [0.29, 0.717) is 30.6 Å². The summed E-state index contributed by atoms with van der Waals surface area (Å²) in [5.74, 6) is 0.866. The molecule has 7 fully saturated rings. The zero-order chi connectivity index (χ0) is 42.2. The van der Waals surface area contributed by atoms with E-state index in [4.69, 9.17) is 37.9 Å². The second-order valence-electron chi connectivity index (χ2n) is 19.1. The SMILES string of the molecule is CO[C@H]1C[C@H](O[C@H]2CC[C@@]3(C)[C@H](CC[C@@]45CC[C@H](C6=CC(=O)OC6)[C@@](C)(CC[C@H]43)C5=O)C2)O[C@H](C)[C@H]1O[C@H]1O[C@@H](CO[C@@H]2O[C@H](CO)[C@@H](O)[C@@H](O)[C@@H]2O)[C@H](O)[C@@H](O)[C@@H]1O. The Morgan fingerprint density at radius 1 is 0.780 bits per heavy atom. The first-order valence-electron chi connectivity index (χ1n) is 21.6. The molecule has 7 N–H and O–H groups in total. The predicted molar refractivity (Wildman–Crippen MR) is 201 cm³/mol. The van der Waals surface area contributed by atoms with Gasteiger partial charge in [-0.3, -0.25) is 4.79 Å². The summed E-state index contributed by atoms with van der Waals surface area (Å²) in [7, 11) is 1.54. The molecule has 334 valence electrons. The molecule has 1 spiro atoms. The van der Waals surface area contributed by atoms with E-state index in [1.165, 1.54) is 7.11 Å². The summed E-state index contributed by atoms with van der Waals surface area (Å²) in [6.07, 6.45) is -7.97. The molecule has 8 rings (SSSR count). The number of carbonyl (C=O) groups excluding carboxylic acids is 2. The smallest absolute Gasteiger partial charge is 0.331 e. The second kappa shape index (κ2) is 16.8. The predicted octanol–water partition coefficient (Wildman–Crippen LogP) is -0.00400. The van der Waals surface area contributed by atoms with E-state index in [1.54, 1.807) is 13.0 Å². The molecule has 0 unspecified atom stereocenters. The Hall–Kier alpha value is -1.68. The minimum absolute atomic E-state index is 0.0130. The van der Waals surface area contributed by atoms with Gasteiger partial charge in [-0.05, 0) is 93.5 Å². The molecule has 59 heavy (non-hydrogen) atoms. The van der Waals surface area contributed by atoms with E-state index in [-0.39, 0.29) is 28.8 Å². The summed E-state index contributed by atoms with van der Waals surface area (Å²) in [4.78, 5) is 26.6. The summed E-state index contributed by atoms with van der Waals surface area (Å²) >= 11 is 0. The van der Waals surface area contributed by atoms with Gasteiger partial charge in [0.2, 0.25) is 0 Å². The molecule has 17 nitrogen and oxygen atoms in total. The summed E-state index contributed by atoms with van der Waals surface area (Å²) in [5.41, 5.74) is 0.201. The van der Waals surface area contributed by atoms with Crippen LogP contribution in [0.1, 0.15) is 85.0 Å². The van der Waals surface area contributed by atoms with E-state index < -0.39 is 105 Å². The van der Waals surface area contributed by atoms with Crippen molar-refractivity contribution in [2.75, 3.05) is 26.9 Å². The van der Waals surface area contributed by atoms with Crippen LogP contribution < -0.4 is 0 Å². The summed E-state index contributed by atoms with van der Waals surface area (Å²) in [6.45, 7) is 5.49. The summed E-state index contributed by atoms with van der Waals surface area (Å²) < 4.78 is 47.2. The molecule has 4 aliphatic carbocycles. The van der Waals surface area contributed by atoms with Crippen LogP contribution in [0.3, 0.4) is 0 Å². The first kappa shape index (κ1) is 43.9. The van der Waals surface area contributed by atoms with Crippen LogP contribution in [0.25, 0.3) is 0 Å². The quantitative estimate of drug-likeness (QED) is 0.113. The maximum absolute atomic E-state index is 14.6. The highest BCUT2D eigenvalue weighted by Gasteiger charge is 2.68. The average molecular weight is 841 g/mol. The van der Waals surface area contributed by atoms with Crippen molar-refractivity contribution in [3.05, 3.63) is 11.6 Å². The molecule has 8 aliphatic rings. The lowest BCUT2D eigenvalue weighted by Crippen LogP contribution is -2.64. The molecular formula is C42H64O17. The van der Waals surface area contributed by atoms with Crippen molar-refractivity contribution < 1.29 is 83.2 Å². The first-order chi connectivity index (χ1) is 28.0. The van der Waals surface area contributed by atoms with Gasteiger partial charge in [-0.2, -0.15) is 0 Å². The van der Waals surface area contributed by atoms with Crippen LogP contribution in [0.15, 0.2) is 11.6 Å². The normalized spacial score (nSPS) is 52.6. The highest BCUT2D eigenvalue weighted by atomic mass is 16.8. The third-order valence-electron chi connectivity index (χ3n) is 16.1. The zero-order valence-electron chi connectivity index (χ0n) is 34.4. The van der Waals surface area contributed by atoms with Crippen molar-refractivity contribution in [1.82, 2.24) is 0 Å². The molecule has 3 saturated heterocycles. The number of esters is 1. The number of aliphatic hydroxyl groups is 7. The summed E-state index contributed by atoms with van der Waals surface area (Å²) in [6, 6.07) is 0. The Bertz CT molecular complexity index is 1580. The Morgan fingerprint density at radius 3 is 2.17 bits per heavy atom. The molecule has 2 bridgehead atoms. The van der Waals surface area contributed by atoms with Gasteiger partial charge in [0.05, 0.1) is 31.5 Å². The van der Waals surface area contributed by atoms with E-state index >= 15 is 0 Å². The van der Waals surface area contributed by atoms with Gasteiger partial charge in [-0.1, -0.05) is 13.8 Å². The molecule has 17 heteroatoms. The van der Waals surface area contributed by atoms with E-state index in [0.717, 1.165) is 63.4 Å². The number of carbonyl (C=O) groups is 2. The number of hydrogen-bond acceptors (Lipinski definition) is 17. The van der Waals surface area contributed by atoms with E-state index in [1.807, 2.05) is 0 Å². The number of rotatable bonds is 10. The number of aliphatic hydroxyl groups excluding tert-OH is 7. The topological polar surface area (TPSA) is 250 Å². The molecule has 0 amide bonds. The summed E-state index contributed by atoms with van der Waals surface area (Å²) in [5, 5.41) is 72.4. The maximum atomic E-state index is 14.6. The van der Waals surface area contributed by atoms with Gasteiger partial charge < -0.3 is 73.6 Å². The molecule has 4 heterocycles. The number of ether oxygens (including phenoxy) is 8. The third kappa shape index (κ3) is 7.55. The van der Waals surface area contributed by atoms with E-state index in [9.17, 15) is 45.3 Å². The lowest BCUT2D eigenvalue weighted by Gasteiger charge is -2.66. The Kier molecular flexibility index (Phi) is 12.5. The van der Waals surface area contributed by atoms with Crippen LogP contribution in [0.2, 0.25) is 0 Å². The second-order valence-corrected chi connectivity index (χ2v) is 19.1. The number of ketones is 1. The van der Waals surface area contributed by atoms with Crippen LogP contribution >= 0.6 is 0 Å². The average Bonchev–Trinajstić information content (AvgIpc) is 3.64. The Balaban J connectivity index is 0.863. The van der Waals surface area contributed by atoms with Crippen molar-refractivity contribution in [2.45, 2.75) is 177 Å². The van der Waals surface area contributed by atoms with Gasteiger partial charge in [0.15, 0.2) is 18.9 Å². The Labute approximate surface area is 344 Å². The highest BCUT2D eigenvalue weighted by molar-refractivity contribution is 5.93. The lowest BCUT2D eigenvalue weighted by atomic mass is 9.37. The number of fused-ring (bicyclic) bond motifs is 3. The minimum Gasteiger partial charge on any atom is -0.458 e. The maximum Gasteiger partial charge on any atom is 0.331 e. The largest absolute Gasteiger partial charge is 0.458 e. The van der Waals surface area contributed by atoms with Gasteiger partial charge in [0.25, 0.3) is 0 Å². The van der Waals surface area contributed by atoms with Crippen molar-refractivity contribution >= 4 is 11.8 Å². The van der Waals surface area contributed by atoms with Crippen molar-refractivity contribution in [3.63, 3.8) is 0 Å². The minimum atomic E-state index is -1.71. The van der Waals surface area contributed by atoms with Gasteiger partial charge in [-0.25, -0.2) is 4.79 Å². The highest BCUT2D eigenvalue weighted by Crippen LogP contribution is 2.70. The molecule has 0 radical (unpaired) electrons. The molecule has 4 saturated carbocycles. The van der Waals surface area contributed by atoms with E-state index in [2.05, 4.69) is 13.8 Å². The molecular weight excluding hydrogens is 776 g/mol. The molecule has 4 aliphatic heterocycles. The van der Waals surface area contributed by atoms with Crippen LogP contribution in [0, 0.1) is 34.0 Å². The van der Waals surface area contributed by atoms with Crippen molar-refractivity contribution in [2.24, 2.45) is 34.0 Å². The van der Waals surface area contributed by atoms with Crippen molar-refractivity contribution in [3.8, 4) is 0 Å². The fraction of sp³-hybridized carbons (Fsp3) is 0.905. The molecule has 0 aromatic rings. The number of hydrogen-bond donors (Lipinski definition) is 7. The van der Waals surface area contributed by atoms with Gasteiger partial charge in [-0.15, -0.1) is 0 Å². The third-order valence-corrected chi connectivity index (χ3v) is 16.1. The lowest BCUT2D eigenvalue weighted by molar-refractivity contribution is -0.355. The zero-order valence-corrected chi connectivity index (χ0v) is 34.4. The monoisotopic (exact) mass is 840 g/mol.